The van der Waals surface area contributed by atoms with Crippen molar-refractivity contribution in [2.75, 3.05) is 0 Å². The average Bonchev–Trinajstić information content (AvgIpc) is 2.74. The molecular formula is C8H5N3S. The van der Waals surface area contributed by atoms with Crippen molar-refractivity contribution in [3.05, 3.63) is 35.5 Å². The van der Waals surface area contributed by atoms with Gasteiger partial charge in [-0.05, 0) is 17.5 Å². The number of nitrogens with zero attached hydrogens (tertiary/aromatic N) is 3. The molecular weight excluding hydrogens is 170 g/mol. The number of hydrogen-bond donors (Lipinski definition) is 0. The van der Waals surface area contributed by atoms with E-state index in [2.05, 4.69) is 11.2 Å². The third-order valence-electron chi connectivity index (χ3n) is 1.48. The molecule has 0 aliphatic rings. The lowest BCUT2D eigenvalue weighted by Gasteiger charge is -1.94. The van der Waals surface area contributed by atoms with Crippen LogP contribution in [0.5, 0.6) is 0 Å². The summed E-state index contributed by atoms with van der Waals surface area (Å²) in [5.74, 6) is 0. The second-order valence-corrected chi connectivity index (χ2v) is 3.10. The first-order valence-electron chi connectivity index (χ1n) is 3.39. The normalized spacial score (nSPS) is 9.58. The van der Waals surface area contributed by atoms with Crippen LogP contribution in [0.25, 0.3) is 5.00 Å². The molecule has 2 aromatic rings. The molecule has 0 aliphatic carbocycles. The highest BCUT2D eigenvalue weighted by molar-refractivity contribution is 7.12. The standard InChI is InChI=1S/C8H5N3S/c9-6-7-2-5-12-8(7)11-4-1-3-10-11/h1-5H. The topological polar surface area (TPSA) is 41.6 Å². The van der Waals surface area contributed by atoms with E-state index in [0.717, 1.165) is 5.00 Å². The summed E-state index contributed by atoms with van der Waals surface area (Å²) < 4.78 is 1.70. The Morgan fingerprint density at radius 1 is 1.58 bits per heavy atom. The van der Waals surface area contributed by atoms with Crippen molar-refractivity contribution >= 4 is 11.3 Å². The largest absolute Gasteiger partial charge is 0.230 e. The molecule has 0 aromatic carbocycles. The van der Waals surface area contributed by atoms with Gasteiger partial charge in [0.15, 0.2) is 0 Å². The summed E-state index contributed by atoms with van der Waals surface area (Å²) >= 11 is 1.51. The molecule has 2 rings (SSSR count). The molecule has 0 spiro atoms. The van der Waals surface area contributed by atoms with Crippen LogP contribution in [-0.4, -0.2) is 9.78 Å². The maximum atomic E-state index is 8.72. The quantitative estimate of drug-likeness (QED) is 0.663. The molecule has 0 radical (unpaired) electrons. The predicted octanol–water partition coefficient (Wildman–Crippen LogP) is 1.81. The first-order valence-corrected chi connectivity index (χ1v) is 4.27. The Kier molecular flexibility index (Phi) is 1.65. The van der Waals surface area contributed by atoms with Crippen molar-refractivity contribution in [1.29, 1.82) is 5.26 Å². The highest BCUT2D eigenvalue weighted by Crippen LogP contribution is 2.19. The van der Waals surface area contributed by atoms with Crippen LogP contribution >= 0.6 is 11.3 Å². The molecule has 0 saturated heterocycles. The number of aromatic nitrogens is 2. The molecule has 2 aromatic heterocycles. The van der Waals surface area contributed by atoms with Crippen LogP contribution in [0.3, 0.4) is 0 Å². The molecule has 0 bridgehead atoms. The van der Waals surface area contributed by atoms with Crippen molar-refractivity contribution in [2.45, 2.75) is 0 Å². The summed E-state index contributed by atoms with van der Waals surface area (Å²) in [6, 6.07) is 5.74. The van der Waals surface area contributed by atoms with E-state index in [1.807, 2.05) is 17.6 Å². The van der Waals surface area contributed by atoms with E-state index < -0.39 is 0 Å². The van der Waals surface area contributed by atoms with Gasteiger partial charge in [0.05, 0.1) is 5.56 Å². The molecule has 0 amide bonds. The minimum atomic E-state index is 0.670. The zero-order valence-corrected chi connectivity index (χ0v) is 6.95. The highest BCUT2D eigenvalue weighted by Gasteiger charge is 2.04. The first kappa shape index (κ1) is 7.07. The van der Waals surface area contributed by atoms with Gasteiger partial charge in [-0.2, -0.15) is 10.4 Å². The van der Waals surface area contributed by atoms with Crippen LogP contribution in [0, 0.1) is 11.3 Å². The minimum Gasteiger partial charge on any atom is -0.230 e. The molecule has 0 unspecified atom stereocenters. The van der Waals surface area contributed by atoms with E-state index in [-0.39, 0.29) is 0 Å². The Morgan fingerprint density at radius 2 is 2.50 bits per heavy atom. The van der Waals surface area contributed by atoms with Gasteiger partial charge in [0.2, 0.25) is 0 Å². The van der Waals surface area contributed by atoms with Gasteiger partial charge in [-0.3, -0.25) is 0 Å². The Morgan fingerprint density at radius 3 is 3.17 bits per heavy atom. The molecule has 12 heavy (non-hydrogen) atoms. The predicted molar refractivity (Wildman–Crippen MR) is 46.2 cm³/mol. The van der Waals surface area contributed by atoms with Gasteiger partial charge in [-0.25, -0.2) is 4.68 Å². The smallest absolute Gasteiger partial charge is 0.135 e. The fourth-order valence-electron chi connectivity index (χ4n) is 0.953. The fraction of sp³-hybridized carbons (Fsp3) is 0. The lowest BCUT2D eigenvalue weighted by atomic mass is 10.3. The monoisotopic (exact) mass is 175 g/mol. The Hall–Kier alpha value is -1.60. The fourth-order valence-corrected chi connectivity index (χ4v) is 1.74. The van der Waals surface area contributed by atoms with Gasteiger partial charge in [-0.1, -0.05) is 0 Å². The number of hydrogen-bond acceptors (Lipinski definition) is 3. The van der Waals surface area contributed by atoms with Crippen molar-refractivity contribution in [3.8, 4) is 11.1 Å². The van der Waals surface area contributed by atoms with Crippen LogP contribution in [-0.2, 0) is 0 Å². The van der Waals surface area contributed by atoms with Gasteiger partial charge in [0.1, 0.15) is 11.1 Å². The Balaban J connectivity index is 2.55. The van der Waals surface area contributed by atoms with Crippen LogP contribution in [0.1, 0.15) is 5.56 Å². The maximum absolute atomic E-state index is 8.72. The summed E-state index contributed by atoms with van der Waals surface area (Å²) in [6.45, 7) is 0. The van der Waals surface area contributed by atoms with E-state index in [4.69, 9.17) is 5.26 Å². The Bertz CT molecular complexity index is 408. The molecule has 0 fully saturated rings. The van der Waals surface area contributed by atoms with Gasteiger partial charge in [-0.15, -0.1) is 11.3 Å². The third-order valence-corrected chi connectivity index (χ3v) is 2.38. The van der Waals surface area contributed by atoms with Crippen molar-refractivity contribution in [1.82, 2.24) is 9.78 Å². The van der Waals surface area contributed by atoms with E-state index in [9.17, 15) is 0 Å². The minimum absolute atomic E-state index is 0.670. The summed E-state index contributed by atoms with van der Waals surface area (Å²) in [7, 11) is 0. The molecule has 0 atom stereocenters. The maximum Gasteiger partial charge on any atom is 0.135 e. The van der Waals surface area contributed by atoms with Crippen molar-refractivity contribution in [3.63, 3.8) is 0 Å². The molecule has 3 nitrogen and oxygen atoms in total. The highest BCUT2D eigenvalue weighted by atomic mass is 32.1. The summed E-state index contributed by atoms with van der Waals surface area (Å²) in [4.78, 5) is 0. The Labute approximate surface area is 73.5 Å². The van der Waals surface area contributed by atoms with Crippen LogP contribution in [0.15, 0.2) is 29.9 Å². The number of nitriles is 1. The van der Waals surface area contributed by atoms with E-state index in [1.165, 1.54) is 11.3 Å². The van der Waals surface area contributed by atoms with Crippen LogP contribution in [0.2, 0.25) is 0 Å². The molecule has 0 N–H and O–H groups in total. The van der Waals surface area contributed by atoms with Crippen molar-refractivity contribution < 1.29 is 0 Å². The molecule has 4 heteroatoms. The third kappa shape index (κ3) is 1.00. The molecule has 2 heterocycles. The first-order chi connectivity index (χ1) is 5.92. The number of thiophene rings is 1. The van der Waals surface area contributed by atoms with Gasteiger partial charge < -0.3 is 0 Å². The molecule has 0 aliphatic heterocycles. The van der Waals surface area contributed by atoms with Gasteiger partial charge in [0, 0.05) is 12.4 Å². The van der Waals surface area contributed by atoms with Gasteiger partial charge in [0.25, 0.3) is 0 Å². The average molecular weight is 175 g/mol. The van der Waals surface area contributed by atoms with Gasteiger partial charge >= 0.3 is 0 Å². The number of rotatable bonds is 1. The lowest BCUT2D eigenvalue weighted by molar-refractivity contribution is 0.895. The second-order valence-electron chi connectivity index (χ2n) is 2.20. The van der Waals surface area contributed by atoms with Crippen molar-refractivity contribution in [2.24, 2.45) is 0 Å². The van der Waals surface area contributed by atoms with E-state index in [1.54, 1.807) is 16.9 Å². The van der Waals surface area contributed by atoms with Crippen LogP contribution < -0.4 is 0 Å². The van der Waals surface area contributed by atoms with Crippen LogP contribution in [0.4, 0.5) is 0 Å². The SMILES string of the molecule is N#Cc1ccsc1-n1cccn1. The molecule has 58 valence electrons. The second kappa shape index (κ2) is 2.80. The zero-order valence-electron chi connectivity index (χ0n) is 6.14. The summed E-state index contributed by atoms with van der Waals surface area (Å²) in [5.41, 5.74) is 0.670. The zero-order chi connectivity index (χ0) is 8.39. The van der Waals surface area contributed by atoms with E-state index in [0.29, 0.717) is 5.56 Å². The molecule has 0 saturated carbocycles. The van der Waals surface area contributed by atoms with E-state index >= 15 is 0 Å². The lowest BCUT2D eigenvalue weighted by Crippen LogP contribution is -1.92. The summed E-state index contributed by atoms with van der Waals surface area (Å²) in [6.07, 6.45) is 3.52. The summed E-state index contributed by atoms with van der Waals surface area (Å²) in [5, 5.41) is 15.5.